The van der Waals surface area contributed by atoms with Gasteiger partial charge < -0.3 is 15.5 Å². The molecule has 1 aliphatic heterocycles. The van der Waals surface area contributed by atoms with Crippen LogP contribution in [0.25, 0.3) is 10.9 Å². The Labute approximate surface area is 147 Å². The highest BCUT2D eigenvalue weighted by molar-refractivity contribution is 5.82. The van der Waals surface area contributed by atoms with E-state index in [0.717, 1.165) is 39.1 Å². The van der Waals surface area contributed by atoms with Gasteiger partial charge in [-0.05, 0) is 48.2 Å². The molecule has 3 N–H and O–H groups in total. The van der Waals surface area contributed by atoms with E-state index in [0.29, 0.717) is 5.82 Å². The summed E-state index contributed by atoms with van der Waals surface area (Å²) in [5.74, 6) is 0.586. The number of anilines is 1. The van der Waals surface area contributed by atoms with Crippen LogP contribution in [0.15, 0.2) is 48.8 Å². The fourth-order valence-corrected chi connectivity index (χ4v) is 3.61. The molecule has 4 rings (SSSR count). The van der Waals surface area contributed by atoms with Crippen molar-refractivity contribution in [1.82, 2.24) is 14.9 Å². The van der Waals surface area contributed by atoms with E-state index in [1.807, 2.05) is 18.3 Å². The third kappa shape index (κ3) is 3.83. The molecule has 1 aliphatic rings. The molecule has 130 valence electrons. The van der Waals surface area contributed by atoms with Crippen LogP contribution in [-0.4, -0.2) is 40.7 Å². The second-order valence-corrected chi connectivity index (χ2v) is 6.71. The second-order valence-electron chi connectivity index (χ2n) is 6.71. The molecule has 1 atom stereocenters. The lowest BCUT2D eigenvalue weighted by molar-refractivity contribution is -0.0344. The third-order valence-corrected chi connectivity index (χ3v) is 4.90. The van der Waals surface area contributed by atoms with Gasteiger partial charge in [-0.2, -0.15) is 0 Å². The van der Waals surface area contributed by atoms with Crippen molar-refractivity contribution in [2.75, 3.05) is 25.4 Å². The molecule has 25 heavy (non-hydrogen) atoms. The van der Waals surface area contributed by atoms with Crippen molar-refractivity contribution >= 4 is 16.7 Å². The summed E-state index contributed by atoms with van der Waals surface area (Å²) in [6, 6.07) is 12.6. The van der Waals surface area contributed by atoms with Crippen molar-refractivity contribution in [3.05, 3.63) is 59.9 Å². The number of morpholine rings is 1. The highest BCUT2D eigenvalue weighted by Crippen LogP contribution is 2.21. The first-order valence-corrected chi connectivity index (χ1v) is 8.87. The number of hydrogen-bond acceptors (Lipinski definition) is 4. The van der Waals surface area contributed by atoms with Gasteiger partial charge in [-0.1, -0.05) is 12.1 Å². The quantitative estimate of drug-likeness (QED) is 0.752. The number of H-pyrrole nitrogens is 1. The Morgan fingerprint density at radius 1 is 1.28 bits per heavy atom. The Morgan fingerprint density at radius 3 is 3.16 bits per heavy atom. The monoisotopic (exact) mass is 336 g/mol. The zero-order chi connectivity index (χ0) is 17.1. The van der Waals surface area contributed by atoms with E-state index in [1.165, 1.54) is 22.0 Å². The standard InChI is InChI=1S/C20H24N4O/c21-20-12-15(6-8-23-20)4-5-17-14-24(10-11-25-17)13-16-2-1-3-19-18(16)7-9-22-19/h1-3,6-9,12,17,22H,4-5,10-11,13-14H2,(H2,21,23)/t17-/m1/s1. The molecule has 0 amide bonds. The van der Waals surface area contributed by atoms with Crippen LogP contribution in [0.2, 0.25) is 0 Å². The molecular weight excluding hydrogens is 312 g/mol. The van der Waals surface area contributed by atoms with Gasteiger partial charge in [0.25, 0.3) is 0 Å². The van der Waals surface area contributed by atoms with Gasteiger partial charge in [-0.25, -0.2) is 4.98 Å². The second kappa shape index (κ2) is 7.25. The molecule has 1 aromatic carbocycles. The van der Waals surface area contributed by atoms with Gasteiger partial charge in [0.2, 0.25) is 0 Å². The summed E-state index contributed by atoms with van der Waals surface area (Å²) in [4.78, 5) is 9.84. The molecule has 1 saturated heterocycles. The molecule has 5 nitrogen and oxygen atoms in total. The van der Waals surface area contributed by atoms with E-state index in [4.69, 9.17) is 10.5 Å². The predicted molar refractivity (Wildman–Crippen MR) is 100 cm³/mol. The molecule has 0 bridgehead atoms. The molecule has 3 aromatic rings. The lowest BCUT2D eigenvalue weighted by Crippen LogP contribution is -2.42. The summed E-state index contributed by atoms with van der Waals surface area (Å²) in [5, 5.41) is 1.32. The normalized spacial score (nSPS) is 18.6. The van der Waals surface area contributed by atoms with Crippen LogP contribution < -0.4 is 5.73 Å². The highest BCUT2D eigenvalue weighted by atomic mass is 16.5. The van der Waals surface area contributed by atoms with Crippen molar-refractivity contribution in [3.8, 4) is 0 Å². The molecule has 1 fully saturated rings. The van der Waals surface area contributed by atoms with Gasteiger partial charge >= 0.3 is 0 Å². The molecule has 0 radical (unpaired) electrons. The first-order chi connectivity index (χ1) is 12.3. The Kier molecular flexibility index (Phi) is 4.68. The number of aromatic nitrogens is 2. The van der Waals surface area contributed by atoms with Crippen LogP contribution in [0.5, 0.6) is 0 Å². The van der Waals surface area contributed by atoms with E-state index in [2.05, 4.69) is 39.1 Å². The van der Waals surface area contributed by atoms with Gasteiger partial charge in [0.15, 0.2) is 0 Å². The number of nitrogens with one attached hydrogen (secondary N) is 1. The van der Waals surface area contributed by atoms with Crippen molar-refractivity contribution in [1.29, 1.82) is 0 Å². The molecule has 3 heterocycles. The van der Waals surface area contributed by atoms with Crippen molar-refractivity contribution < 1.29 is 4.74 Å². The number of aryl methyl sites for hydroxylation is 1. The number of pyridine rings is 1. The number of fused-ring (bicyclic) bond motifs is 1. The smallest absolute Gasteiger partial charge is 0.123 e. The maximum absolute atomic E-state index is 5.98. The van der Waals surface area contributed by atoms with E-state index in [9.17, 15) is 0 Å². The molecule has 0 unspecified atom stereocenters. The summed E-state index contributed by atoms with van der Waals surface area (Å²) in [5.41, 5.74) is 9.57. The van der Waals surface area contributed by atoms with Crippen LogP contribution in [0.4, 0.5) is 5.82 Å². The molecule has 5 heteroatoms. The van der Waals surface area contributed by atoms with Crippen molar-refractivity contribution in [2.45, 2.75) is 25.5 Å². The molecule has 2 aromatic heterocycles. The van der Waals surface area contributed by atoms with E-state index in [-0.39, 0.29) is 6.10 Å². The number of hydrogen-bond donors (Lipinski definition) is 2. The topological polar surface area (TPSA) is 67.2 Å². The Bertz CT molecular complexity index is 844. The lowest BCUT2D eigenvalue weighted by Gasteiger charge is -2.33. The Morgan fingerprint density at radius 2 is 2.24 bits per heavy atom. The number of rotatable bonds is 5. The van der Waals surface area contributed by atoms with Crippen LogP contribution in [-0.2, 0) is 17.7 Å². The van der Waals surface area contributed by atoms with Gasteiger partial charge in [0.1, 0.15) is 5.82 Å². The number of nitrogens with two attached hydrogens (primary N) is 1. The summed E-state index contributed by atoms with van der Waals surface area (Å²) in [6.45, 7) is 3.73. The van der Waals surface area contributed by atoms with Gasteiger partial charge in [0.05, 0.1) is 12.7 Å². The Balaban J connectivity index is 1.37. The van der Waals surface area contributed by atoms with E-state index in [1.54, 1.807) is 6.20 Å². The summed E-state index contributed by atoms with van der Waals surface area (Å²) in [6.07, 6.45) is 6.04. The minimum atomic E-state index is 0.272. The number of nitrogens with zero attached hydrogens (tertiary/aromatic N) is 2. The fourth-order valence-electron chi connectivity index (χ4n) is 3.61. The van der Waals surface area contributed by atoms with Crippen LogP contribution in [0, 0.1) is 0 Å². The molecule has 0 spiro atoms. The minimum absolute atomic E-state index is 0.272. The molecule has 0 saturated carbocycles. The maximum atomic E-state index is 5.98. The SMILES string of the molecule is Nc1cc(CC[C@@H]2CN(Cc3cccc4[nH]ccc34)CCO2)ccn1. The summed E-state index contributed by atoms with van der Waals surface area (Å²) < 4.78 is 5.98. The average molecular weight is 336 g/mol. The van der Waals surface area contributed by atoms with Crippen LogP contribution >= 0.6 is 0 Å². The highest BCUT2D eigenvalue weighted by Gasteiger charge is 2.21. The third-order valence-electron chi connectivity index (χ3n) is 4.90. The van der Waals surface area contributed by atoms with E-state index < -0.39 is 0 Å². The first-order valence-electron chi connectivity index (χ1n) is 8.87. The van der Waals surface area contributed by atoms with Crippen LogP contribution in [0.3, 0.4) is 0 Å². The first kappa shape index (κ1) is 16.1. The number of aromatic amines is 1. The van der Waals surface area contributed by atoms with Crippen molar-refractivity contribution in [2.24, 2.45) is 0 Å². The minimum Gasteiger partial charge on any atom is -0.384 e. The van der Waals surface area contributed by atoms with Gasteiger partial charge in [-0.3, -0.25) is 4.90 Å². The molecule has 0 aliphatic carbocycles. The maximum Gasteiger partial charge on any atom is 0.123 e. The predicted octanol–water partition coefficient (Wildman–Crippen LogP) is 2.98. The number of nitrogen functional groups attached to an aromatic ring is 1. The van der Waals surface area contributed by atoms with Gasteiger partial charge in [-0.15, -0.1) is 0 Å². The van der Waals surface area contributed by atoms with E-state index >= 15 is 0 Å². The number of ether oxygens (including phenoxy) is 1. The average Bonchev–Trinajstić information content (AvgIpc) is 3.10. The lowest BCUT2D eigenvalue weighted by atomic mass is 10.1. The number of benzene rings is 1. The van der Waals surface area contributed by atoms with Crippen molar-refractivity contribution in [3.63, 3.8) is 0 Å². The summed E-state index contributed by atoms with van der Waals surface area (Å²) >= 11 is 0. The fraction of sp³-hybridized carbons (Fsp3) is 0.350. The Hall–Kier alpha value is -2.37. The zero-order valence-corrected chi connectivity index (χ0v) is 14.3. The van der Waals surface area contributed by atoms with Gasteiger partial charge in [0, 0.05) is 42.9 Å². The largest absolute Gasteiger partial charge is 0.384 e. The van der Waals surface area contributed by atoms with Crippen LogP contribution in [0.1, 0.15) is 17.5 Å². The zero-order valence-electron chi connectivity index (χ0n) is 14.3. The molecular formula is C20H24N4O. The summed E-state index contributed by atoms with van der Waals surface area (Å²) in [7, 11) is 0.